The number of esters is 1. The monoisotopic (exact) mass is 417 g/mol. The Morgan fingerprint density at radius 3 is 2.48 bits per heavy atom. The normalized spacial score (nSPS) is 14.5. The number of nitrogens with zero attached hydrogens (tertiary/aromatic N) is 1. The van der Waals surface area contributed by atoms with E-state index in [0.717, 1.165) is 24.8 Å². The van der Waals surface area contributed by atoms with E-state index in [0.29, 0.717) is 10.0 Å². The largest absolute Gasteiger partial charge is 0.451 e. The molecule has 2 aromatic carbocycles. The smallest absolute Gasteiger partial charge is 0.338 e. The van der Waals surface area contributed by atoms with Crippen LogP contribution in [0, 0.1) is 0 Å². The second-order valence-electron chi connectivity index (χ2n) is 6.87. The number of fused-ring (bicyclic) bond motifs is 1. The van der Waals surface area contributed by atoms with Gasteiger partial charge in [-0.15, -0.1) is 0 Å². The fourth-order valence-electron chi connectivity index (χ4n) is 3.27. The number of hydrogen-bond donors (Lipinski definition) is 0. The van der Waals surface area contributed by atoms with Crippen LogP contribution >= 0.6 is 0 Å². The highest BCUT2D eigenvalue weighted by atomic mass is 32.2. The topological polar surface area (TPSA) is 90.0 Å². The van der Waals surface area contributed by atoms with Crippen LogP contribution in [-0.4, -0.2) is 44.9 Å². The van der Waals surface area contributed by atoms with Crippen molar-refractivity contribution >= 4 is 21.8 Å². The van der Waals surface area contributed by atoms with Crippen molar-refractivity contribution in [2.45, 2.75) is 37.2 Å². The van der Waals surface area contributed by atoms with Gasteiger partial charge in [-0.25, -0.2) is 13.2 Å². The molecule has 3 rings (SSSR count). The van der Waals surface area contributed by atoms with E-state index in [2.05, 4.69) is 0 Å². The van der Waals surface area contributed by atoms with Crippen LogP contribution in [0.5, 0.6) is 0 Å². The van der Waals surface area contributed by atoms with E-state index in [-0.39, 0.29) is 16.2 Å². The Hall–Kier alpha value is -2.55. The lowest BCUT2D eigenvalue weighted by Crippen LogP contribution is -2.26. The molecule has 2 aromatic rings. The maximum absolute atomic E-state index is 12.7. The van der Waals surface area contributed by atoms with E-state index in [1.807, 2.05) is 12.1 Å². The van der Waals surface area contributed by atoms with E-state index in [4.69, 9.17) is 9.57 Å². The Labute approximate surface area is 170 Å². The highest BCUT2D eigenvalue weighted by Gasteiger charge is 2.25. The number of carbonyl (C=O) groups is 2. The van der Waals surface area contributed by atoms with Gasteiger partial charge in [-0.05, 0) is 61.6 Å². The average Bonchev–Trinajstić information content (AvgIpc) is 3.20. The number of rotatable bonds is 7. The summed E-state index contributed by atoms with van der Waals surface area (Å²) in [6, 6.07) is 11.0. The highest BCUT2D eigenvalue weighted by molar-refractivity contribution is 7.89. The third-order valence-electron chi connectivity index (χ3n) is 5.00. The van der Waals surface area contributed by atoms with Crippen molar-refractivity contribution in [3.63, 3.8) is 0 Å². The lowest BCUT2D eigenvalue weighted by Gasteiger charge is -2.15. The lowest BCUT2D eigenvalue weighted by atomic mass is 10.0. The number of hydroxylamine groups is 1. The molecule has 0 aromatic heterocycles. The first kappa shape index (κ1) is 21.2. The Morgan fingerprint density at radius 2 is 1.76 bits per heavy atom. The van der Waals surface area contributed by atoms with E-state index < -0.39 is 22.1 Å². The molecular weight excluding hydrogens is 394 g/mol. The second-order valence-corrected chi connectivity index (χ2v) is 8.81. The van der Waals surface area contributed by atoms with Crippen LogP contribution in [0.3, 0.4) is 0 Å². The summed E-state index contributed by atoms with van der Waals surface area (Å²) in [6.45, 7) is 1.51. The molecule has 0 aliphatic heterocycles. The average molecular weight is 417 g/mol. The lowest BCUT2D eigenvalue weighted by molar-refractivity contribution is -0.0258. The van der Waals surface area contributed by atoms with Crippen LogP contribution < -0.4 is 0 Å². The van der Waals surface area contributed by atoms with Gasteiger partial charge in [-0.2, -0.15) is 0 Å². The van der Waals surface area contributed by atoms with Crippen LogP contribution in [-0.2, 0) is 32.4 Å². The van der Waals surface area contributed by atoms with Gasteiger partial charge in [0.2, 0.25) is 5.78 Å². The van der Waals surface area contributed by atoms with Gasteiger partial charge in [0.25, 0.3) is 10.0 Å². The molecule has 0 saturated carbocycles. The Morgan fingerprint density at radius 1 is 1.03 bits per heavy atom. The number of hydrogen-bond acceptors (Lipinski definition) is 6. The van der Waals surface area contributed by atoms with Crippen molar-refractivity contribution < 1.29 is 27.6 Å². The molecule has 1 aliphatic carbocycles. The van der Waals surface area contributed by atoms with Crippen LogP contribution in [0.1, 0.15) is 45.2 Å². The number of ether oxygens (including phenoxy) is 1. The summed E-state index contributed by atoms with van der Waals surface area (Å²) < 4.78 is 30.7. The van der Waals surface area contributed by atoms with Gasteiger partial charge in [0.15, 0.2) is 6.10 Å². The summed E-state index contributed by atoms with van der Waals surface area (Å²) in [4.78, 5) is 29.8. The molecule has 8 heteroatoms. The van der Waals surface area contributed by atoms with Gasteiger partial charge in [0, 0.05) is 12.6 Å². The quantitative estimate of drug-likeness (QED) is 0.391. The zero-order chi connectivity index (χ0) is 21.2. The van der Waals surface area contributed by atoms with Gasteiger partial charge in [0.05, 0.1) is 17.6 Å². The molecule has 7 nitrogen and oxygen atoms in total. The molecule has 0 amide bonds. The minimum atomic E-state index is -3.90. The maximum atomic E-state index is 12.7. The molecule has 0 heterocycles. The number of aryl methyl sites for hydroxylation is 2. The van der Waals surface area contributed by atoms with E-state index in [9.17, 15) is 18.0 Å². The minimum absolute atomic E-state index is 0.0316. The molecule has 0 N–H and O–H groups in total. The summed E-state index contributed by atoms with van der Waals surface area (Å²) in [5.41, 5.74) is 2.95. The maximum Gasteiger partial charge on any atom is 0.338 e. The van der Waals surface area contributed by atoms with E-state index in [1.165, 1.54) is 50.9 Å². The number of Topliss-reactive ketones (excluding diaryl/α,β-unsaturated/α-hetero) is 1. The molecule has 0 radical (unpaired) electrons. The molecule has 0 saturated heterocycles. The third kappa shape index (κ3) is 4.39. The van der Waals surface area contributed by atoms with Gasteiger partial charge in [0.1, 0.15) is 0 Å². The van der Waals surface area contributed by atoms with Crippen LogP contribution in [0.4, 0.5) is 0 Å². The number of sulfonamides is 1. The molecule has 154 valence electrons. The van der Waals surface area contributed by atoms with Crippen molar-refractivity contribution in [1.82, 2.24) is 4.47 Å². The number of benzene rings is 2. The molecule has 1 atom stereocenters. The van der Waals surface area contributed by atoms with Crippen LogP contribution in [0.15, 0.2) is 47.4 Å². The molecule has 0 spiro atoms. The fraction of sp³-hybridized carbons (Fsp3) is 0.333. The summed E-state index contributed by atoms with van der Waals surface area (Å²) >= 11 is 0. The second kappa shape index (κ2) is 8.44. The molecular formula is C21H23NO6S. The number of carbonyl (C=O) groups excluding carboxylic acids is 2. The minimum Gasteiger partial charge on any atom is -0.451 e. The Kier molecular flexibility index (Phi) is 6.16. The summed E-state index contributed by atoms with van der Waals surface area (Å²) in [5, 5.41) is 0. The van der Waals surface area contributed by atoms with Crippen molar-refractivity contribution in [3.05, 3.63) is 64.7 Å². The van der Waals surface area contributed by atoms with Gasteiger partial charge >= 0.3 is 5.97 Å². The molecule has 0 unspecified atom stereocenters. The standard InChI is InChI=1S/C21H23NO6S/c1-14(20(23)17-11-10-15-6-4-7-16(15)12-17)28-21(24)18-8-5-9-19(13-18)29(25,26)22(2)27-3/h5,8-14H,4,6-7H2,1-3H3/t14-/m1/s1. The van der Waals surface area contributed by atoms with Crippen molar-refractivity contribution in [2.24, 2.45) is 0 Å². The van der Waals surface area contributed by atoms with Crippen molar-refractivity contribution in [2.75, 3.05) is 14.2 Å². The fourth-order valence-corrected chi connectivity index (χ4v) is 4.29. The summed E-state index contributed by atoms with van der Waals surface area (Å²) in [6.07, 6.45) is 2.05. The van der Waals surface area contributed by atoms with Gasteiger partial charge < -0.3 is 4.74 Å². The zero-order valence-corrected chi connectivity index (χ0v) is 17.4. The molecule has 0 bridgehead atoms. The third-order valence-corrected chi connectivity index (χ3v) is 6.67. The Bertz CT molecular complexity index is 1050. The molecule has 1 aliphatic rings. The van der Waals surface area contributed by atoms with Crippen molar-refractivity contribution in [3.8, 4) is 0 Å². The first-order valence-corrected chi connectivity index (χ1v) is 10.7. The van der Waals surface area contributed by atoms with E-state index in [1.54, 1.807) is 6.07 Å². The SMILES string of the molecule is CON(C)S(=O)(=O)c1cccc(C(=O)O[C@H](C)C(=O)c2ccc3c(c2)CCC3)c1. The van der Waals surface area contributed by atoms with Crippen LogP contribution in [0.2, 0.25) is 0 Å². The molecule has 29 heavy (non-hydrogen) atoms. The highest BCUT2D eigenvalue weighted by Crippen LogP contribution is 2.24. The summed E-state index contributed by atoms with van der Waals surface area (Å²) in [5.74, 6) is -1.07. The van der Waals surface area contributed by atoms with Crippen LogP contribution in [0.25, 0.3) is 0 Å². The number of ketones is 1. The predicted octanol–water partition coefficient (Wildman–Crippen LogP) is 2.79. The zero-order valence-electron chi connectivity index (χ0n) is 16.5. The predicted molar refractivity (Wildman–Crippen MR) is 106 cm³/mol. The first-order chi connectivity index (χ1) is 13.7. The van der Waals surface area contributed by atoms with Crippen molar-refractivity contribution in [1.29, 1.82) is 0 Å². The summed E-state index contributed by atoms with van der Waals surface area (Å²) in [7, 11) is -1.43. The molecule has 0 fully saturated rings. The Balaban J connectivity index is 1.74. The van der Waals surface area contributed by atoms with E-state index >= 15 is 0 Å². The van der Waals surface area contributed by atoms with Gasteiger partial charge in [-0.3, -0.25) is 9.63 Å². The van der Waals surface area contributed by atoms with Gasteiger partial charge in [-0.1, -0.05) is 22.7 Å². The first-order valence-electron chi connectivity index (χ1n) is 9.24.